The maximum atomic E-state index is 13.1. The summed E-state index contributed by atoms with van der Waals surface area (Å²) in [6, 6.07) is -3.31. The van der Waals surface area contributed by atoms with Gasteiger partial charge in [-0.05, 0) is 25.7 Å². The molecule has 0 saturated carbocycles. The van der Waals surface area contributed by atoms with Crippen LogP contribution in [0.25, 0.3) is 0 Å². The molecule has 0 spiro atoms. The Balaban J connectivity index is 1.72. The van der Waals surface area contributed by atoms with Gasteiger partial charge in [0.05, 0.1) is 12.1 Å². The van der Waals surface area contributed by atoms with Crippen LogP contribution in [-0.4, -0.2) is 69.6 Å². The Morgan fingerprint density at radius 2 is 1.00 bits per heavy atom. The summed E-state index contributed by atoms with van der Waals surface area (Å²) >= 11 is 0. The fourth-order valence-electron chi connectivity index (χ4n) is 4.54. The molecule has 0 radical (unpaired) electrons. The highest BCUT2D eigenvalue weighted by molar-refractivity contribution is 5.99. The summed E-state index contributed by atoms with van der Waals surface area (Å²) in [6.45, 7) is 3.79. The molecule has 0 aliphatic carbocycles. The van der Waals surface area contributed by atoms with E-state index in [4.69, 9.17) is 0 Å². The second-order valence-corrected chi connectivity index (χ2v) is 8.97. The Labute approximate surface area is 198 Å². The molecule has 0 aromatic carbocycles. The van der Waals surface area contributed by atoms with Crippen molar-refractivity contribution in [2.75, 3.05) is 0 Å². The van der Waals surface area contributed by atoms with Crippen LogP contribution in [0.1, 0.15) is 78.1 Å². The lowest BCUT2D eigenvalue weighted by Gasteiger charge is -2.40. The van der Waals surface area contributed by atoms with Crippen molar-refractivity contribution in [2.45, 2.75) is 102 Å². The zero-order valence-corrected chi connectivity index (χ0v) is 19.7. The molecule has 188 valence electrons. The Kier molecular flexibility index (Phi) is 8.72. The van der Waals surface area contributed by atoms with Gasteiger partial charge in [0.15, 0.2) is 0 Å². The van der Waals surface area contributed by atoms with Crippen molar-refractivity contribution >= 4 is 35.4 Å². The minimum absolute atomic E-state index is 0.237. The molecule has 3 fully saturated rings. The predicted molar refractivity (Wildman–Crippen MR) is 119 cm³/mol. The maximum Gasteiger partial charge on any atom is 0.244 e. The van der Waals surface area contributed by atoms with Gasteiger partial charge in [-0.1, -0.05) is 26.7 Å². The van der Waals surface area contributed by atoms with Crippen LogP contribution < -0.4 is 21.5 Å². The molecule has 3 aliphatic rings. The van der Waals surface area contributed by atoms with Crippen molar-refractivity contribution < 1.29 is 28.8 Å². The predicted octanol–water partition coefficient (Wildman–Crippen LogP) is -0.606. The molecule has 3 saturated heterocycles. The highest BCUT2D eigenvalue weighted by Gasteiger charge is 2.43. The van der Waals surface area contributed by atoms with E-state index in [9.17, 15) is 28.8 Å². The van der Waals surface area contributed by atoms with Crippen molar-refractivity contribution in [2.24, 2.45) is 0 Å². The average molecular weight is 479 g/mol. The molecule has 0 aromatic rings. The Hall–Kier alpha value is -2.86. The fraction of sp³-hybridized carbons (Fsp3) is 0.727. The number of piperazine rings is 1. The standard InChI is InChI=1S/C22H34N6O6/c1-3-7-13(25-27-15(29)9-5-10-16(27)30)19-21(33)24-20(22(34)23-19)14(8-4-2)26-28-17(31)11-6-12-18(28)32/h13-14,19-20,25-26H,3-12H2,1-2H3,(H,23,34)(H,24,33). The summed E-state index contributed by atoms with van der Waals surface area (Å²) < 4.78 is 0. The lowest BCUT2D eigenvalue weighted by molar-refractivity contribution is -0.156. The lowest BCUT2D eigenvalue weighted by atomic mass is 9.95. The third kappa shape index (κ3) is 5.79. The molecule has 12 nitrogen and oxygen atoms in total. The summed E-state index contributed by atoms with van der Waals surface area (Å²) in [5.41, 5.74) is 5.74. The van der Waals surface area contributed by atoms with E-state index in [1.54, 1.807) is 0 Å². The number of hydrogen-bond acceptors (Lipinski definition) is 8. The third-order valence-electron chi connectivity index (χ3n) is 6.31. The Morgan fingerprint density at radius 3 is 1.29 bits per heavy atom. The normalized spacial score (nSPS) is 25.8. The topological polar surface area (TPSA) is 157 Å². The second-order valence-electron chi connectivity index (χ2n) is 8.97. The van der Waals surface area contributed by atoms with Crippen LogP contribution >= 0.6 is 0 Å². The summed E-state index contributed by atoms with van der Waals surface area (Å²) in [5, 5.41) is 7.38. The molecule has 34 heavy (non-hydrogen) atoms. The van der Waals surface area contributed by atoms with Gasteiger partial charge in [-0.3, -0.25) is 28.8 Å². The first-order valence-electron chi connectivity index (χ1n) is 12.1. The molecule has 3 aliphatic heterocycles. The molecule has 3 rings (SSSR count). The summed E-state index contributed by atoms with van der Waals surface area (Å²) in [7, 11) is 0. The van der Waals surface area contributed by atoms with Crippen LogP contribution in [0.2, 0.25) is 0 Å². The first kappa shape index (κ1) is 25.8. The van der Waals surface area contributed by atoms with Gasteiger partial charge in [-0.25, -0.2) is 20.9 Å². The number of nitrogens with zero attached hydrogens (tertiary/aromatic N) is 2. The van der Waals surface area contributed by atoms with Gasteiger partial charge in [-0.2, -0.15) is 0 Å². The van der Waals surface area contributed by atoms with E-state index in [0.29, 0.717) is 38.5 Å². The number of amides is 6. The molecule has 4 atom stereocenters. The molecule has 6 amide bonds. The average Bonchev–Trinajstić information content (AvgIpc) is 2.79. The van der Waals surface area contributed by atoms with Crippen molar-refractivity contribution in [3.05, 3.63) is 0 Å². The van der Waals surface area contributed by atoms with E-state index in [2.05, 4.69) is 21.5 Å². The maximum absolute atomic E-state index is 13.1. The Morgan fingerprint density at radius 1 is 0.676 bits per heavy atom. The lowest BCUT2D eigenvalue weighted by Crippen LogP contribution is -2.73. The van der Waals surface area contributed by atoms with E-state index < -0.39 is 36.0 Å². The van der Waals surface area contributed by atoms with E-state index >= 15 is 0 Å². The van der Waals surface area contributed by atoms with Gasteiger partial charge in [0.2, 0.25) is 35.4 Å². The van der Waals surface area contributed by atoms with Crippen LogP contribution in [0.5, 0.6) is 0 Å². The molecule has 0 aromatic heterocycles. The zero-order valence-electron chi connectivity index (χ0n) is 19.7. The summed E-state index contributed by atoms with van der Waals surface area (Å²) in [4.78, 5) is 75.0. The van der Waals surface area contributed by atoms with Crippen LogP contribution in [0.3, 0.4) is 0 Å². The first-order chi connectivity index (χ1) is 16.3. The number of carbonyl (C=O) groups is 6. The van der Waals surface area contributed by atoms with Crippen LogP contribution in [0.15, 0.2) is 0 Å². The van der Waals surface area contributed by atoms with Gasteiger partial charge in [0, 0.05) is 25.7 Å². The minimum atomic E-state index is -0.994. The Bertz CT molecular complexity index is 748. The number of rotatable bonds is 10. The molecule has 4 unspecified atom stereocenters. The first-order valence-corrected chi connectivity index (χ1v) is 12.1. The molecule has 12 heteroatoms. The van der Waals surface area contributed by atoms with Gasteiger partial charge < -0.3 is 10.6 Å². The van der Waals surface area contributed by atoms with E-state index in [0.717, 1.165) is 10.0 Å². The number of hydrazine groups is 2. The third-order valence-corrected chi connectivity index (χ3v) is 6.31. The SMILES string of the molecule is CCCC(NN1C(=O)CCCC1=O)C1NC(=O)C(C(CCC)NN2C(=O)CCCC2=O)NC1=O. The van der Waals surface area contributed by atoms with Crippen molar-refractivity contribution in [3.63, 3.8) is 0 Å². The van der Waals surface area contributed by atoms with Crippen molar-refractivity contribution in [1.82, 2.24) is 31.5 Å². The molecule has 4 N–H and O–H groups in total. The second kappa shape index (κ2) is 11.5. The van der Waals surface area contributed by atoms with Crippen molar-refractivity contribution in [1.29, 1.82) is 0 Å². The number of carbonyl (C=O) groups excluding carboxylic acids is 6. The number of hydrogen-bond donors (Lipinski definition) is 4. The van der Waals surface area contributed by atoms with Crippen molar-refractivity contribution in [3.8, 4) is 0 Å². The molecule has 0 bridgehead atoms. The van der Waals surface area contributed by atoms with Gasteiger partial charge in [0.1, 0.15) is 12.1 Å². The van der Waals surface area contributed by atoms with Gasteiger partial charge in [0.25, 0.3) is 0 Å². The zero-order chi connectivity index (χ0) is 24.8. The smallest absolute Gasteiger partial charge is 0.244 e. The van der Waals surface area contributed by atoms with E-state index in [1.165, 1.54) is 0 Å². The quantitative estimate of drug-likeness (QED) is 0.303. The minimum Gasteiger partial charge on any atom is -0.341 e. The van der Waals surface area contributed by atoms with Crippen LogP contribution in [-0.2, 0) is 28.8 Å². The van der Waals surface area contributed by atoms with Crippen LogP contribution in [0.4, 0.5) is 0 Å². The summed E-state index contributed by atoms with van der Waals surface area (Å²) in [5.74, 6) is -2.37. The van der Waals surface area contributed by atoms with Crippen LogP contribution in [0, 0.1) is 0 Å². The summed E-state index contributed by atoms with van der Waals surface area (Å²) in [6.07, 6.45) is 4.10. The number of piperidine rings is 2. The highest BCUT2D eigenvalue weighted by Crippen LogP contribution is 2.17. The molecule has 3 heterocycles. The van der Waals surface area contributed by atoms with E-state index in [-0.39, 0.29) is 49.3 Å². The monoisotopic (exact) mass is 478 g/mol. The number of nitrogens with one attached hydrogen (secondary N) is 4. The van der Waals surface area contributed by atoms with Gasteiger partial charge in [-0.15, -0.1) is 0 Å². The van der Waals surface area contributed by atoms with Gasteiger partial charge >= 0.3 is 0 Å². The van der Waals surface area contributed by atoms with E-state index in [1.807, 2.05) is 13.8 Å². The molecular weight excluding hydrogens is 444 g/mol. The largest absolute Gasteiger partial charge is 0.341 e. The fourth-order valence-corrected chi connectivity index (χ4v) is 4.54. The number of imide groups is 2. The molecular formula is C22H34N6O6. The highest BCUT2D eigenvalue weighted by atomic mass is 16.2.